The predicted molar refractivity (Wildman–Crippen MR) is 104 cm³/mol. The summed E-state index contributed by atoms with van der Waals surface area (Å²) in [6.07, 6.45) is -2.30. The molecule has 0 bridgehead atoms. The zero-order chi connectivity index (χ0) is 21.5. The maximum absolute atomic E-state index is 14.9. The maximum atomic E-state index is 14.9. The molecule has 0 spiro atoms. The van der Waals surface area contributed by atoms with E-state index in [1.54, 1.807) is 32.8 Å². The van der Waals surface area contributed by atoms with E-state index in [2.05, 4.69) is 26.8 Å². The molecule has 29 heavy (non-hydrogen) atoms. The zero-order valence-electron chi connectivity index (χ0n) is 16.7. The van der Waals surface area contributed by atoms with Crippen LogP contribution in [0.1, 0.15) is 20.1 Å². The fourth-order valence-electron chi connectivity index (χ4n) is 3.07. The molecule has 0 saturated carbocycles. The summed E-state index contributed by atoms with van der Waals surface area (Å²) < 4.78 is 21.9. The number of carbonyl (C=O) groups excluding carboxylic acids is 1. The fraction of sp³-hybridized carbons (Fsp3) is 0.556. The van der Waals surface area contributed by atoms with E-state index >= 15 is 0 Å². The number of hydrogen-bond acceptors (Lipinski definition) is 8. The van der Waals surface area contributed by atoms with E-state index < -0.39 is 30.7 Å². The van der Waals surface area contributed by atoms with Crippen LogP contribution in [0.3, 0.4) is 0 Å². The molecule has 10 nitrogen and oxygen atoms in total. The second kappa shape index (κ2) is 7.65. The van der Waals surface area contributed by atoms with Gasteiger partial charge < -0.3 is 19.8 Å². The molecule has 1 fully saturated rings. The number of aromatic nitrogens is 4. The molecule has 2 aromatic rings. The van der Waals surface area contributed by atoms with Crippen LogP contribution in [-0.4, -0.2) is 74.2 Å². The summed E-state index contributed by atoms with van der Waals surface area (Å²) in [4.78, 5) is 26.7. The van der Waals surface area contributed by atoms with Crippen molar-refractivity contribution in [2.75, 3.05) is 30.9 Å². The molecule has 0 aromatic carbocycles. The monoisotopic (exact) mass is 408 g/mol. The lowest BCUT2D eigenvalue weighted by atomic mass is 9.97. The summed E-state index contributed by atoms with van der Waals surface area (Å²) in [5.41, 5.74) is -1.07. The third kappa shape index (κ3) is 3.45. The van der Waals surface area contributed by atoms with Gasteiger partial charge in [0.2, 0.25) is 11.9 Å². The number of carbonyl (C=O) groups is 1. The number of alkyl halides is 1. The van der Waals surface area contributed by atoms with Crippen molar-refractivity contribution in [2.24, 2.45) is 5.92 Å². The number of anilines is 2. The third-order valence-electron chi connectivity index (χ3n) is 4.87. The normalized spacial score (nSPS) is 26.8. The highest BCUT2D eigenvalue weighted by molar-refractivity contribution is 5.92. The van der Waals surface area contributed by atoms with Crippen molar-refractivity contribution < 1.29 is 24.1 Å². The Morgan fingerprint density at radius 1 is 1.52 bits per heavy atom. The molecule has 3 heterocycles. The van der Waals surface area contributed by atoms with Crippen LogP contribution in [0.4, 0.5) is 16.2 Å². The van der Waals surface area contributed by atoms with Crippen LogP contribution in [-0.2, 0) is 9.53 Å². The van der Waals surface area contributed by atoms with E-state index in [1.165, 1.54) is 17.0 Å². The van der Waals surface area contributed by atoms with E-state index in [9.17, 15) is 19.4 Å². The van der Waals surface area contributed by atoms with Crippen LogP contribution in [0.25, 0.3) is 11.2 Å². The minimum atomic E-state index is -1.87. The summed E-state index contributed by atoms with van der Waals surface area (Å²) in [5, 5.41) is 22.5. The number of nitrogens with one attached hydrogen (secondary N) is 1. The van der Waals surface area contributed by atoms with Crippen LogP contribution in [0.15, 0.2) is 19.0 Å². The van der Waals surface area contributed by atoms with Crippen molar-refractivity contribution in [3.8, 4) is 0 Å². The summed E-state index contributed by atoms with van der Waals surface area (Å²) in [5.74, 6) is -0.114. The molecule has 3 rings (SSSR count). The lowest BCUT2D eigenvalue weighted by Crippen LogP contribution is -2.43. The number of amides is 1. The number of imidazole rings is 1. The highest BCUT2D eigenvalue weighted by Gasteiger charge is 2.54. The van der Waals surface area contributed by atoms with Crippen molar-refractivity contribution in [3.63, 3.8) is 0 Å². The standard InChI is InChI=1S/C18H25FN6O4/c1-6-18(7-26)12(27)10(19)16(29-18)25-8-20-11-13(24(4)5)21-17(22-14(11)25)23-15(28)9(2)3/h6,8-10,12,16,26-27H,1,7H2,2-5H3,(H,21,22,23,28)/t10-,12-,16+,18+/m0/s1. The first-order valence-electron chi connectivity index (χ1n) is 9.12. The minimum Gasteiger partial charge on any atom is -0.393 e. The molecule has 0 unspecified atom stereocenters. The summed E-state index contributed by atoms with van der Waals surface area (Å²) in [7, 11) is 3.49. The molecule has 1 amide bonds. The van der Waals surface area contributed by atoms with Gasteiger partial charge in [-0.25, -0.2) is 9.37 Å². The first-order valence-corrected chi connectivity index (χ1v) is 9.12. The van der Waals surface area contributed by atoms with Gasteiger partial charge in [-0.3, -0.25) is 14.7 Å². The molecule has 0 aliphatic carbocycles. The first kappa shape index (κ1) is 21.1. The SMILES string of the molecule is C=C[C@]1(CO)O[C@@H](n2cnc3c(N(C)C)nc(NC(=O)C(C)C)nc32)[C@@H](F)[C@@H]1O. The number of nitrogens with zero attached hydrogens (tertiary/aromatic N) is 5. The quantitative estimate of drug-likeness (QED) is 0.595. The fourth-order valence-corrected chi connectivity index (χ4v) is 3.07. The molecule has 1 saturated heterocycles. The van der Waals surface area contributed by atoms with Crippen molar-refractivity contribution in [1.29, 1.82) is 0 Å². The number of rotatable bonds is 6. The lowest BCUT2D eigenvalue weighted by molar-refractivity contribution is -0.118. The molecule has 1 aliphatic rings. The van der Waals surface area contributed by atoms with E-state index in [-0.39, 0.29) is 23.4 Å². The number of aliphatic hydroxyl groups excluding tert-OH is 2. The summed E-state index contributed by atoms with van der Waals surface area (Å²) in [6, 6.07) is 0. The van der Waals surface area contributed by atoms with Crippen LogP contribution in [0.5, 0.6) is 0 Å². The molecule has 2 aromatic heterocycles. The Bertz CT molecular complexity index is 932. The first-order chi connectivity index (χ1) is 13.6. The van der Waals surface area contributed by atoms with Gasteiger partial charge >= 0.3 is 0 Å². The van der Waals surface area contributed by atoms with Gasteiger partial charge in [0.15, 0.2) is 29.4 Å². The van der Waals surface area contributed by atoms with Gasteiger partial charge in [-0.2, -0.15) is 9.97 Å². The molecular formula is C18H25FN6O4. The largest absolute Gasteiger partial charge is 0.393 e. The van der Waals surface area contributed by atoms with Crippen molar-refractivity contribution >= 4 is 28.8 Å². The Morgan fingerprint density at radius 2 is 2.21 bits per heavy atom. The Labute approximate surface area is 167 Å². The summed E-state index contributed by atoms with van der Waals surface area (Å²) in [6.45, 7) is 6.35. The molecular weight excluding hydrogens is 383 g/mol. The van der Waals surface area contributed by atoms with Gasteiger partial charge in [-0.15, -0.1) is 6.58 Å². The molecule has 4 atom stereocenters. The van der Waals surface area contributed by atoms with E-state index in [1.807, 2.05) is 0 Å². The predicted octanol–water partition coefficient (Wildman–Crippen LogP) is 0.632. The average Bonchev–Trinajstić information content (AvgIpc) is 3.21. The Morgan fingerprint density at radius 3 is 2.72 bits per heavy atom. The van der Waals surface area contributed by atoms with E-state index in [4.69, 9.17) is 4.74 Å². The molecule has 3 N–H and O–H groups in total. The molecule has 1 aliphatic heterocycles. The van der Waals surface area contributed by atoms with Gasteiger partial charge in [0.25, 0.3) is 0 Å². The Kier molecular flexibility index (Phi) is 5.57. The second-order valence-corrected chi connectivity index (χ2v) is 7.45. The number of halogens is 1. The molecule has 158 valence electrons. The van der Waals surface area contributed by atoms with Crippen molar-refractivity contribution in [3.05, 3.63) is 19.0 Å². The highest BCUT2D eigenvalue weighted by Crippen LogP contribution is 2.41. The van der Waals surface area contributed by atoms with Crippen molar-refractivity contribution in [2.45, 2.75) is 38.0 Å². The lowest BCUT2D eigenvalue weighted by Gasteiger charge is -2.25. The highest BCUT2D eigenvalue weighted by atomic mass is 19.1. The minimum absolute atomic E-state index is 0.0349. The zero-order valence-corrected chi connectivity index (χ0v) is 16.7. The van der Waals surface area contributed by atoms with Crippen LogP contribution in [0, 0.1) is 5.92 Å². The van der Waals surface area contributed by atoms with Gasteiger partial charge in [0.05, 0.1) is 12.9 Å². The number of hydrogen-bond donors (Lipinski definition) is 3. The number of fused-ring (bicyclic) bond motifs is 1. The second-order valence-electron chi connectivity index (χ2n) is 7.45. The Balaban J connectivity index is 2.11. The average molecular weight is 408 g/mol. The smallest absolute Gasteiger partial charge is 0.233 e. The Hall–Kier alpha value is -2.63. The van der Waals surface area contributed by atoms with Crippen LogP contribution in [0.2, 0.25) is 0 Å². The van der Waals surface area contributed by atoms with Gasteiger partial charge in [0.1, 0.15) is 11.7 Å². The van der Waals surface area contributed by atoms with Gasteiger partial charge in [-0.05, 0) is 0 Å². The summed E-state index contributed by atoms with van der Waals surface area (Å²) >= 11 is 0. The van der Waals surface area contributed by atoms with Crippen molar-refractivity contribution in [1.82, 2.24) is 19.5 Å². The third-order valence-corrected chi connectivity index (χ3v) is 4.87. The van der Waals surface area contributed by atoms with E-state index in [0.29, 0.717) is 11.3 Å². The van der Waals surface area contributed by atoms with Gasteiger partial charge in [-0.1, -0.05) is 19.9 Å². The van der Waals surface area contributed by atoms with Crippen LogP contribution >= 0.6 is 0 Å². The number of aliphatic hydroxyl groups is 2. The number of ether oxygens (including phenoxy) is 1. The van der Waals surface area contributed by atoms with E-state index in [0.717, 1.165) is 0 Å². The topological polar surface area (TPSA) is 126 Å². The molecule has 11 heteroatoms. The maximum Gasteiger partial charge on any atom is 0.233 e. The van der Waals surface area contributed by atoms with Gasteiger partial charge in [0, 0.05) is 20.0 Å². The molecule has 0 radical (unpaired) electrons. The van der Waals surface area contributed by atoms with Crippen LogP contribution < -0.4 is 10.2 Å².